The van der Waals surface area contributed by atoms with Gasteiger partial charge < -0.3 is 9.47 Å². The van der Waals surface area contributed by atoms with Gasteiger partial charge in [-0.15, -0.1) is 11.3 Å². The number of likely N-dealkylation sites (tertiary alicyclic amines) is 1. The van der Waals surface area contributed by atoms with Crippen molar-refractivity contribution in [2.24, 2.45) is 5.92 Å². The first-order valence-corrected chi connectivity index (χ1v) is 7.92. The van der Waals surface area contributed by atoms with Gasteiger partial charge in [-0.05, 0) is 30.9 Å². The van der Waals surface area contributed by atoms with Crippen LogP contribution < -0.4 is 0 Å². The Labute approximate surface area is 127 Å². The van der Waals surface area contributed by atoms with Crippen molar-refractivity contribution < 1.29 is 4.79 Å². The Kier molecular flexibility index (Phi) is 4.08. The number of nitrogens with zero attached hydrogens (tertiary/aromatic N) is 3. The zero-order chi connectivity index (χ0) is 13.9. The smallest absolute Gasteiger partial charge is 0.263 e. The Balaban J connectivity index is 1.64. The number of thiophene rings is 1. The number of hydrogen-bond acceptors (Lipinski definition) is 3. The number of hydrogen-bond donors (Lipinski definition) is 0. The molecule has 1 amide bonds. The van der Waals surface area contributed by atoms with Crippen LogP contribution in [0.25, 0.3) is 0 Å². The lowest BCUT2D eigenvalue weighted by atomic mass is 9.98. The second-order valence-electron chi connectivity index (χ2n) is 5.12. The van der Waals surface area contributed by atoms with Gasteiger partial charge in [-0.3, -0.25) is 4.79 Å². The highest BCUT2D eigenvalue weighted by atomic mass is 35.5. The van der Waals surface area contributed by atoms with Crippen LogP contribution in [0.5, 0.6) is 0 Å². The van der Waals surface area contributed by atoms with E-state index < -0.39 is 0 Å². The molecule has 3 rings (SSSR count). The van der Waals surface area contributed by atoms with E-state index in [4.69, 9.17) is 11.6 Å². The predicted molar refractivity (Wildman–Crippen MR) is 80.2 cm³/mol. The molecule has 0 unspecified atom stereocenters. The molecule has 0 saturated carbocycles. The topological polar surface area (TPSA) is 38.1 Å². The summed E-state index contributed by atoms with van der Waals surface area (Å²) >= 11 is 7.26. The monoisotopic (exact) mass is 309 g/mol. The molecule has 1 atom stereocenters. The molecule has 4 nitrogen and oxygen atoms in total. The summed E-state index contributed by atoms with van der Waals surface area (Å²) < 4.78 is 2.75. The lowest BCUT2D eigenvalue weighted by Crippen LogP contribution is -2.40. The number of halogens is 1. The maximum atomic E-state index is 12.4. The highest BCUT2D eigenvalue weighted by Crippen LogP contribution is 2.25. The molecule has 106 valence electrons. The zero-order valence-electron chi connectivity index (χ0n) is 11.0. The number of carbonyl (C=O) groups excluding carboxylic acids is 1. The van der Waals surface area contributed by atoms with Gasteiger partial charge in [-0.1, -0.05) is 11.6 Å². The maximum Gasteiger partial charge on any atom is 0.263 e. The molecule has 0 aromatic carbocycles. The molecule has 0 bridgehead atoms. The summed E-state index contributed by atoms with van der Waals surface area (Å²) in [6, 6.07) is 3.60. The molecule has 1 fully saturated rings. The van der Waals surface area contributed by atoms with E-state index in [0.717, 1.165) is 37.4 Å². The van der Waals surface area contributed by atoms with E-state index in [-0.39, 0.29) is 5.91 Å². The lowest BCUT2D eigenvalue weighted by Gasteiger charge is -2.32. The summed E-state index contributed by atoms with van der Waals surface area (Å²) in [6.07, 6.45) is 7.82. The maximum absolute atomic E-state index is 12.4. The summed E-state index contributed by atoms with van der Waals surface area (Å²) in [4.78, 5) is 19.2. The molecular weight excluding hydrogens is 294 g/mol. The second kappa shape index (κ2) is 5.97. The molecular formula is C14H16ClN3OS. The number of piperidine rings is 1. The van der Waals surface area contributed by atoms with Crippen LogP contribution in [0.4, 0.5) is 0 Å². The minimum absolute atomic E-state index is 0.109. The molecule has 3 heterocycles. The average Bonchev–Trinajstić information content (AvgIpc) is 3.10. The predicted octanol–water partition coefficient (Wildman–Crippen LogP) is 3.15. The van der Waals surface area contributed by atoms with Crippen LogP contribution in [-0.4, -0.2) is 33.4 Å². The Hall–Kier alpha value is -1.33. The summed E-state index contributed by atoms with van der Waals surface area (Å²) in [5.74, 6) is 0.606. The molecule has 1 saturated heterocycles. The van der Waals surface area contributed by atoms with Crippen LogP contribution in [0.2, 0.25) is 4.34 Å². The fraction of sp³-hybridized carbons (Fsp3) is 0.429. The van der Waals surface area contributed by atoms with Gasteiger partial charge in [0.2, 0.25) is 0 Å². The van der Waals surface area contributed by atoms with E-state index in [1.807, 2.05) is 23.5 Å². The second-order valence-corrected chi connectivity index (χ2v) is 6.84. The lowest BCUT2D eigenvalue weighted by molar-refractivity contribution is 0.0667. The van der Waals surface area contributed by atoms with E-state index in [1.54, 1.807) is 12.3 Å². The highest BCUT2D eigenvalue weighted by molar-refractivity contribution is 7.17. The minimum atomic E-state index is 0.109. The van der Waals surface area contributed by atoms with Crippen molar-refractivity contribution in [2.75, 3.05) is 13.1 Å². The Morgan fingerprint density at radius 2 is 2.40 bits per heavy atom. The summed E-state index contributed by atoms with van der Waals surface area (Å²) in [7, 11) is 0. The van der Waals surface area contributed by atoms with Crippen molar-refractivity contribution in [1.29, 1.82) is 0 Å². The van der Waals surface area contributed by atoms with E-state index >= 15 is 0 Å². The molecule has 0 spiro atoms. The van der Waals surface area contributed by atoms with Crippen LogP contribution in [0, 0.1) is 5.92 Å². The Morgan fingerprint density at radius 1 is 1.50 bits per heavy atom. The fourth-order valence-corrected chi connectivity index (χ4v) is 3.69. The van der Waals surface area contributed by atoms with Crippen LogP contribution >= 0.6 is 22.9 Å². The molecule has 1 aliphatic rings. The van der Waals surface area contributed by atoms with Crippen LogP contribution in [0.3, 0.4) is 0 Å². The molecule has 0 radical (unpaired) electrons. The molecule has 0 N–H and O–H groups in total. The molecule has 6 heteroatoms. The van der Waals surface area contributed by atoms with Crippen LogP contribution in [0.1, 0.15) is 22.5 Å². The van der Waals surface area contributed by atoms with Gasteiger partial charge in [-0.25, -0.2) is 4.98 Å². The van der Waals surface area contributed by atoms with Crippen molar-refractivity contribution in [1.82, 2.24) is 14.5 Å². The number of imidazole rings is 1. The van der Waals surface area contributed by atoms with Gasteiger partial charge in [0, 0.05) is 32.0 Å². The van der Waals surface area contributed by atoms with Gasteiger partial charge in [0.05, 0.1) is 15.5 Å². The Bertz CT molecular complexity index is 581. The van der Waals surface area contributed by atoms with Crippen LogP contribution in [-0.2, 0) is 6.54 Å². The van der Waals surface area contributed by atoms with Crippen molar-refractivity contribution in [3.05, 3.63) is 40.1 Å². The van der Waals surface area contributed by atoms with E-state index in [2.05, 4.69) is 9.55 Å². The van der Waals surface area contributed by atoms with E-state index in [0.29, 0.717) is 10.3 Å². The fourth-order valence-electron chi connectivity index (χ4n) is 2.68. The van der Waals surface area contributed by atoms with Crippen molar-refractivity contribution in [3.8, 4) is 0 Å². The third-order valence-electron chi connectivity index (χ3n) is 3.62. The van der Waals surface area contributed by atoms with Crippen molar-refractivity contribution in [3.63, 3.8) is 0 Å². The molecule has 20 heavy (non-hydrogen) atoms. The van der Waals surface area contributed by atoms with Gasteiger partial charge in [0.25, 0.3) is 5.91 Å². The quantitative estimate of drug-likeness (QED) is 0.873. The highest BCUT2D eigenvalue weighted by Gasteiger charge is 2.25. The van der Waals surface area contributed by atoms with Gasteiger partial charge in [0.1, 0.15) is 0 Å². The minimum Gasteiger partial charge on any atom is -0.338 e. The average molecular weight is 310 g/mol. The van der Waals surface area contributed by atoms with E-state index in [9.17, 15) is 4.79 Å². The van der Waals surface area contributed by atoms with Crippen LogP contribution in [0.15, 0.2) is 30.9 Å². The number of aromatic nitrogens is 2. The molecule has 0 aliphatic carbocycles. The van der Waals surface area contributed by atoms with Crippen molar-refractivity contribution in [2.45, 2.75) is 19.4 Å². The molecule has 2 aromatic rings. The summed E-state index contributed by atoms with van der Waals surface area (Å²) in [5, 5.41) is 0. The van der Waals surface area contributed by atoms with Crippen molar-refractivity contribution >= 4 is 28.8 Å². The van der Waals surface area contributed by atoms with Gasteiger partial charge in [0.15, 0.2) is 0 Å². The van der Waals surface area contributed by atoms with E-state index in [1.165, 1.54) is 11.3 Å². The van der Waals surface area contributed by atoms with Gasteiger partial charge in [-0.2, -0.15) is 0 Å². The standard InChI is InChI=1S/C14H16ClN3OS/c15-13-4-3-12(20-13)14(19)18-6-1-2-11(9-18)8-17-7-5-16-10-17/h3-5,7,10-11H,1-2,6,8-9H2/t11-/m1/s1. The SMILES string of the molecule is O=C(c1ccc(Cl)s1)N1CCC[C@H](Cn2ccnc2)C1. The third kappa shape index (κ3) is 3.04. The first-order chi connectivity index (χ1) is 9.72. The third-order valence-corrected chi connectivity index (χ3v) is 4.84. The first-order valence-electron chi connectivity index (χ1n) is 6.73. The first kappa shape index (κ1) is 13.6. The van der Waals surface area contributed by atoms with Gasteiger partial charge >= 0.3 is 0 Å². The Morgan fingerprint density at radius 3 is 3.10 bits per heavy atom. The molecule has 2 aromatic heterocycles. The largest absolute Gasteiger partial charge is 0.338 e. The number of amides is 1. The summed E-state index contributed by atoms with van der Waals surface area (Å²) in [6.45, 7) is 2.58. The molecule has 1 aliphatic heterocycles. The zero-order valence-corrected chi connectivity index (χ0v) is 12.6. The number of rotatable bonds is 3. The number of carbonyl (C=O) groups is 1. The normalized spacial score (nSPS) is 19.2. The summed E-state index contributed by atoms with van der Waals surface area (Å²) in [5.41, 5.74) is 0.